The second-order valence-electron chi connectivity index (χ2n) is 4.26. The standard InChI is InChI=1S/C11H20N2O3/c14-6-5-13-11(16)10-3-1-9(2-4-10)7-12-8-15/h8-10,14H,1-7H2,(H,12,15)(H,13,16). The van der Waals surface area contributed by atoms with E-state index in [2.05, 4.69) is 10.6 Å². The van der Waals surface area contributed by atoms with Gasteiger partial charge in [0, 0.05) is 19.0 Å². The minimum absolute atomic E-state index is 0.00958. The van der Waals surface area contributed by atoms with Crippen LogP contribution in [-0.2, 0) is 9.59 Å². The van der Waals surface area contributed by atoms with Crippen LogP contribution in [0.1, 0.15) is 25.7 Å². The molecule has 1 fully saturated rings. The van der Waals surface area contributed by atoms with Crippen LogP contribution >= 0.6 is 0 Å². The first kappa shape index (κ1) is 13.0. The second kappa shape index (κ2) is 7.22. The van der Waals surface area contributed by atoms with Gasteiger partial charge < -0.3 is 15.7 Å². The van der Waals surface area contributed by atoms with E-state index in [4.69, 9.17) is 5.11 Å². The zero-order chi connectivity index (χ0) is 11.8. The van der Waals surface area contributed by atoms with Gasteiger partial charge in [0.1, 0.15) is 0 Å². The van der Waals surface area contributed by atoms with Gasteiger partial charge in [-0.3, -0.25) is 9.59 Å². The Morgan fingerprint density at radius 1 is 1.31 bits per heavy atom. The Hall–Kier alpha value is -1.10. The Morgan fingerprint density at radius 2 is 2.00 bits per heavy atom. The van der Waals surface area contributed by atoms with Crippen LogP contribution < -0.4 is 10.6 Å². The van der Waals surface area contributed by atoms with E-state index in [0.717, 1.165) is 32.1 Å². The average molecular weight is 228 g/mol. The molecule has 92 valence electrons. The molecule has 0 aromatic carbocycles. The highest BCUT2D eigenvalue weighted by Gasteiger charge is 2.25. The topological polar surface area (TPSA) is 78.4 Å². The summed E-state index contributed by atoms with van der Waals surface area (Å²) in [4.78, 5) is 21.7. The number of rotatable bonds is 6. The molecule has 0 bridgehead atoms. The van der Waals surface area contributed by atoms with Crippen LogP contribution in [0.2, 0.25) is 0 Å². The van der Waals surface area contributed by atoms with Crippen LogP contribution in [-0.4, -0.2) is 37.1 Å². The molecule has 0 aromatic rings. The lowest BCUT2D eigenvalue weighted by atomic mass is 9.81. The van der Waals surface area contributed by atoms with Gasteiger partial charge in [-0.05, 0) is 31.6 Å². The van der Waals surface area contributed by atoms with Crippen LogP contribution in [0.25, 0.3) is 0 Å². The van der Waals surface area contributed by atoms with Crippen molar-refractivity contribution < 1.29 is 14.7 Å². The van der Waals surface area contributed by atoms with Gasteiger partial charge in [-0.25, -0.2) is 0 Å². The van der Waals surface area contributed by atoms with Gasteiger partial charge in [-0.2, -0.15) is 0 Å². The van der Waals surface area contributed by atoms with Gasteiger partial charge in [0.15, 0.2) is 0 Å². The van der Waals surface area contributed by atoms with Gasteiger partial charge in [0.2, 0.25) is 12.3 Å². The number of aliphatic hydroxyl groups is 1. The van der Waals surface area contributed by atoms with Crippen molar-refractivity contribution in [3.8, 4) is 0 Å². The first-order valence-electron chi connectivity index (χ1n) is 5.83. The molecular formula is C11H20N2O3. The lowest BCUT2D eigenvalue weighted by molar-refractivity contribution is -0.126. The summed E-state index contributed by atoms with van der Waals surface area (Å²) in [7, 11) is 0. The lowest BCUT2D eigenvalue weighted by Gasteiger charge is -2.27. The Balaban J connectivity index is 2.20. The number of aliphatic hydroxyl groups excluding tert-OH is 1. The van der Waals surface area contributed by atoms with E-state index in [0.29, 0.717) is 19.0 Å². The van der Waals surface area contributed by atoms with Crippen LogP contribution in [0.5, 0.6) is 0 Å². The quantitative estimate of drug-likeness (QED) is 0.544. The normalized spacial score (nSPS) is 24.8. The Bertz CT molecular complexity index is 225. The molecule has 2 amide bonds. The minimum atomic E-state index is -0.00958. The highest BCUT2D eigenvalue weighted by molar-refractivity contribution is 5.78. The monoisotopic (exact) mass is 228 g/mol. The van der Waals surface area contributed by atoms with Crippen molar-refractivity contribution in [1.29, 1.82) is 0 Å². The lowest BCUT2D eigenvalue weighted by Crippen LogP contribution is -2.36. The SMILES string of the molecule is O=CNCC1CCC(C(=O)NCCO)CC1. The number of carbonyl (C=O) groups excluding carboxylic acids is 2. The molecule has 0 spiro atoms. The molecule has 0 atom stereocenters. The molecule has 1 aliphatic rings. The maximum absolute atomic E-state index is 11.6. The number of amides is 2. The summed E-state index contributed by atoms with van der Waals surface area (Å²) in [5.74, 6) is 0.641. The van der Waals surface area contributed by atoms with Gasteiger partial charge in [0.05, 0.1) is 6.61 Å². The first-order chi connectivity index (χ1) is 7.77. The van der Waals surface area contributed by atoms with E-state index < -0.39 is 0 Å². The fourth-order valence-corrected chi connectivity index (χ4v) is 2.17. The number of hydrogen-bond donors (Lipinski definition) is 3. The van der Waals surface area contributed by atoms with Crippen molar-refractivity contribution in [3.63, 3.8) is 0 Å². The first-order valence-corrected chi connectivity index (χ1v) is 5.83. The fraction of sp³-hybridized carbons (Fsp3) is 0.818. The maximum atomic E-state index is 11.6. The van der Waals surface area contributed by atoms with E-state index in [-0.39, 0.29) is 18.4 Å². The summed E-state index contributed by atoms with van der Waals surface area (Å²) < 4.78 is 0. The minimum Gasteiger partial charge on any atom is -0.395 e. The predicted octanol–water partition coefficient (Wildman–Crippen LogP) is -0.353. The third-order valence-corrected chi connectivity index (χ3v) is 3.12. The highest BCUT2D eigenvalue weighted by Crippen LogP contribution is 2.28. The summed E-state index contributed by atoms with van der Waals surface area (Å²) in [6.45, 7) is 1.05. The molecule has 0 saturated heterocycles. The Kier molecular flexibility index (Phi) is 5.85. The van der Waals surface area contributed by atoms with Crippen LogP contribution in [0.4, 0.5) is 0 Å². The fourth-order valence-electron chi connectivity index (χ4n) is 2.17. The summed E-state index contributed by atoms with van der Waals surface area (Å²) in [6.07, 6.45) is 4.45. The van der Waals surface area contributed by atoms with Crippen LogP contribution in [0.15, 0.2) is 0 Å². The molecule has 0 radical (unpaired) electrons. The smallest absolute Gasteiger partial charge is 0.223 e. The summed E-state index contributed by atoms with van der Waals surface area (Å²) in [5, 5.41) is 14.0. The van der Waals surface area contributed by atoms with Crippen molar-refractivity contribution in [1.82, 2.24) is 10.6 Å². The van der Waals surface area contributed by atoms with Crippen molar-refractivity contribution >= 4 is 12.3 Å². The number of nitrogens with one attached hydrogen (secondary N) is 2. The maximum Gasteiger partial charge on any atom is 0.223 e. The largest absolute Gasteiger partial charge is 0.395 e. The number of hydrogen-bond acceptors (Lipinski definition) is 3. The van der Waals surface area contributed by atoms with Crippen molar-refractivity contribution in [3.05, 3.63) is 0 Å². The van der Waals surface area contributed by atoms with Gasteiger partial charge in [0.25, 0.3) is 0 Å². The molecular weight excluding hydrogens is 208 g/mol. The second-order valence-corrected chi connectivity index (χ2v) is 4.26. The molecule has 1 saturated carbocycles. The van der Waals surface area contributed by atoms with Gasteiger partial charge >= 0.3 is 0 Å². The van der Waals surface area contributed by atoms with Crippen molar-refractivity contribution in [2.24, 2.45) is 11.8 Å². The molecule has 5 heteroatoms. The molecule has 1 rings (SSSR count). The third kappa shape index (κ3) is 4.18. The van der Waals surface area contributed by atoms with Crippen molar-refractivity contribution in [2.45, 2.75) is 25.7 Å². The summed E-state index contributed by atoms with van der Waals surface area (Å²) in [5.41, 5.74) is 0. The molecule has 1 aliphatic carbocycles. The summed E-state index contributed by atoms with van der Waals surface area (Å²) >= 11 is 0. The molecule has 0 aliphatic heterocycles. The molecule has 16 heavy (non-hydrogen) atoms. The Labute approximate surface area is 95.6 Å². The molecule has 5 nitrogen and oxygen atoms in total. The van der Waals surface area contributed by atoms with E-state index in [1.807, 2.05) is 0 Å². The van der Waals surface area contributed by atoms with E-state index >= 15 is 0 Å². The highest BCUT2D eigenvalue weighted by atomic mass is 16.3. The molecule has 0 heterocycles. The summed E-state index contributed by atoms with van der Waals surface area (Å²) in [6, 6.07) is 0. The van der Waals surface area contributed by atoms with Crippen molar-refractivity contribution in [2.75, 3.05) is 19.7 Å². The average Bonchev–Trinajstić information content (AvgIpc) is 2.34. The van der Waals surface area contributed by atoms with Crippen LogP contribution in [0.3, 0.4) is 0 Å². The molecule has 3 N–H and O–H groups in total. The molecule has 0 aromatic heterocycles. The third-order valence-electron chi connectivity index (χ3n) is 3.12. The number of carbonyl (C=O) groups is 2. The predicted molar refractivity (Wildman–Crippen MR) is 59.6 cm³/mol. The van der Waals surface area contributed by atoms with E-state index in [1.54, 1.807) is 0 Å². The zero-order valence-electron chi connectivity index (χ0n) is 9.45. The molecule has 0 unspecified atom stereocenters. The van der Waals surface area contributed by atoms with E-state index in [9.17, 15) is 9.59 Å². The van der Waals surface area contributed by atoms with Crippen LogP contribution in [0, 0.1) is 11.8 Å². The van der Waals surface area contributed by atoms with Gasteiger partial charge in [-0.1, -0.05) is 0 Å². The Morgan fingerprint density at radius 3 is 2.56 bits per heavy atom. The van der Waals surface area contributed by atoms with E-state index in [1.165, 1.54) is 0 Å². The zero-order valence-corrected chi connectivity index (χ0v) is 9.45. The van der Waals surface area contributed by atoms with Gasteiger partial charge in [-0.15, -0.1) is 0 Å².